The first-order valence-electron chi connectivity index (χ1n) is 4.66. The van der Waals surface area contributed by atoms with Gasteiger partial charge in [0.25, 0.3) is 0 Å². The molecule has 66 valence electrons. The highest BCUT2D eigenvalue weighted by molar-refractivity contribution is 9.09. The fourth-order valence-electron chi connectivity index (χ4n) is 2.06. The minimum absolute atomic E-state index is 0.495. The highest BCUT2D eigenvalue weighted by Gasteiger charge is 2.32. The zero-order valence-electron chi connectivity index (χ0n) is 7.86. The average Bonchev–Trinajstić information content (AvgIpc) is 1.86. The molecule has 0 amide bonds. The van der Waals surface area contributed by atoms with Gasteiger partial charge in [0.2, 0.25) is 0 Å². The minimum atomic E-state index is 0.495. The van der Waals surface area contributed by atoms with E-state index < -0.39 is 0 Å². The van der Waals surface area contributed by atoms with Crippen LogP contribution in [0.4, 0.5) is 0 Å². The molecule has 1 saturated carbocycles. The second kappa shape index (κ2) is 3.47. The Morgan fingerprint density at radius 3 is 2.00 bits per heavy atom. The Kier molecular flexibility index (Phi) is 3.02. The summed E-state index contributed by atoms with van der Waals surface area (Å²) in [6, 6.07) is 0. The molecular formula is C10H19Br. The lowest BCUT2D eigenvalue weighted by Gasteiger charge is -2.37. The van der Waals surface area contributed by atoms with Crippen molar-refractivity contribution in [1.29, 1.82) is 0 Å². The van der Waals surface area contributed by atoms with Gasteiger partial charge < -0.3 is 0 Å². The van der Waals surface area contributed by atoms with E-state index in [2.05, 4.69) is 36.7 Å². The molecule has 0 N–H and O–H groups in total. The fraction of sp³-hybridized carbons (Fsp3) is 1.00. The fourth-order valence-corrected chi connectivity index (χ4v) is 3.44. The molecule has 0 saturated heterocycles. The molecule has 1 aliphatic carbocycles. The number of hydrogen-bond donors (Lipinski definition) is 0. The van der Waals surface area contributed by atoms with E-state index in [1.165, 1.54) is 25.7 Å². The van der Waals surface area contributed by atoms with E-state index in [9.17, 15) is 0 Å². The molecule has 2 atom stereocenters. The highest BCUT2D eigenvalue weighted by atomic mass is 79.9. The van der Waals surface area contributed by atoms with E-state index in [0.29, 0.717) is 5.41 Å². The first-order chi connectivity index (χ1) is 5.02. The van der Waals surface area contributed by atoms with Gasteiger partial charge in [0.1, 0.15) is 0 Å². The Hall–Kier alpha value is 0.480. The molecule has 11 heavy (non-hydrogen) atoms. The van der Waals surface area contributed by atoms with Crippen molar-refractivity contribution in [2.24, 2.45) is 11.3 Å². The molecule has 0 radical (unpaired) electrons. The van der Waals surface area contributed by atoms with Gasteiger partial charge in [-0.3, -0.25) is 0 Å². The van der Waals surface area contributed by atoms with Gasteiger partial charge in [-0.25, -0.2) is 0 Å². The van der Waals surface area contributed by atoms with Crippen molar-refractivity contribution < 1.29 is 0 Å². The Morgan fingerprint density at radius 2 is 1.64 bits per heavy atom. The van der Waals surface area contributed by atoms with E-state index in [-0.39, 0.29) is 0 Å². The van der Waals surface area contributed by atoms with Gasteiger partial charge >= 0.3 is 0 Å². The molecule has 1 fully saturated rings. The van der Waals surface area contributed by atoms with Gasteiger partial charge in [-0.05, 0) is 24.2 Å². The van der Waals surface area contributed by atoms with Crippen LogP contribution < -0.4 is 0 Å². The third kappa shape index (κ3) is 2.47. The predicted molar refractivity (Wildman–Crippen MR) is 54.1 cm³/mol. The first kappa shape index (κ1) is 9.57. The predicted octanol–water partition coefficient (Wildman–Crippen LogP) is 3.99. The van der Waals surface area contributed by atoms with Gasteiger partial charge in [-0.15, -0.1) is 0 Å². The van der Waals surface area contributed by atoms with Gasteiger partial charge in [0, 0.05) is 4.83 Å². The zero-order valence-corrected chi connectivity index (χ0v) is 9.45. The molecule has 0 nitrogen and oxygen atoms in total. The highest BCUT2D eigenvalue weighted by Crippen LogP contribution is 2.41. The third-order valence-corrected chi connectivity index (χ3v) is 3.89. The monoisotopic (exact) mass is 218 g/mol. The van der Waals surface area contributed by atoms with Crippen LogP contribution >= 0.6 is 15.9 Å². The molecule has 0 aromatic rings. The Morgan fingerprint density at radius 1 is 1.09 bits per heavy atom. The van der Waals surface area contributed by atoms with E-state index >= 15 is 0 Å². The van der Waals surface area contributed by atoms with Crippen LogP contribution in [0, 0.1) is 11.3 Å². The van der Waals surface area contributed by atoms with Gasteiger partial charge in [-0.1, -0.05) is 49.5 Å². The maximum atomic E-state index is 3.79. The summed E-state index contributed by atoms with van der Waals surface area (Å²) in [5.74, 6) is 0.885. The van der Waals surface area contributed by atoms with Crippen molar-refractivity contribution in [2.75, 3.05) is 0 Å². The number of alkyl halides is 1. The summed E-state index contributed by atoms with van der Waals surface area (Å²) in [5.41, 5.74) is 0.495. The van der Waals surface area contributed by atoms with Crippen molar-refractivity contribution in [3.8, 4) is 0 Å². The maximum absolute atomic E-state index is 3.79. The van der Waals surface area contributed by atoms with Crippen LogP contribution in [0.1, 0.15) is 46.5 Å². The molecule has 0 aromatic heterocycles. The van der Waals surface area contributed by atoms with E-state index in [1.54, 1.807) is 0 Å². The summed E-state index contributed by atoms with van der Waals surface area (Å²) >= 11 is 3.79. The van der Waals surface area contributed by atoms with Gasteiger partial charge in [-0.2, -0.15) is 0 Å². The lowest BCUT2D eigenvalue weighted by atomic mass is 9.72. The number of hydrogen-bond acceptors (Lipinski definition) is 0. The second-order valence-electron chi connectivity index (χ2n) is 4.77. The summed E-state index contributed by atoms with van der Waals surface area (Å²) in [4.78, 5) is 0.774. The molecule has 1 heteroatoms. The van der Waals surface area contributed by atoms with Crippen molar-refractivity contribution in [1.82, 2.24) is 0 Å². The van der Waals surface area contributed by atoms with E-state index in [4.69, 9.17) is 0 Å². The van der Waals surface area contributed by atoms with Crippen LogP contribution in [0.15, 0.2) is 0 Å². The first-order valence-corrected chi connectivity index (χ1v) is 5.57. The molecule has 0 heterocycles. The van der Waals surface area contributed by atoms with Crippen LogP contribution in [-0.2, 0) is 0 Å². The minimum Gasteiger partial charge on any atom is -0.0887 e. The number of halogens is 1. The standard InChI is InChI=1S/C10H19Br/c1-10(2,3)8-6-4-5-7-9(8)11/h8-9H,4-7H2,1-3H3. The molecule has 2 unspecified atom stereocenters. The summed E-state index contributed by atoms with van der Waals surface area (Å²) in [7, 11) is 0. The maximum Gasteiger partial charge on any atom is 0.0179 e. The molecule has 0 bridgehead atoms. The summed E-state index contributed by atoms with van der Waals surface area (Å²) in [5, 5.41) is 0. The van der Waals surface area contributed by atoms with Crippen LogP contribution in [-0.4, -0.2) is 4.83 Å². The SMILES string of the molecule is CC(C)(C)C1CCCCC1Br. The van der Waals surface area contributed by atoms with Gasteiger partial charge in [0.15, 0.2) is 0 Å². The summed E-state index contributed by atoms with van der Waals surface area (Å²) in [6.07, 6.45) is 5.65. The largest absolute Gasteiger partial charge is 0.0887 e. The second-order valence-corrected chi connectivity index (χ2v) is 5.95. The van der Waals surface area contributed by atoms with Crippen LogP contribution in [0.2, 0.25) is 0 Å². The smallest absolute Gasteiger partial charge is 0.0179 e. The lowest BCUT2D eigenvalue weighted by molar-refractivity contribution is 0.190. The summed E-state index contributed by atoms with van der Waals surface area (Å²) < 4.78 is 0. The van der Waals surface area contributed by atoms with Crippen LogP contribution in [0.25, 0.3) is 0 Å². The third-order valence-electron chi connectivity index (χ3n) is 2.79. The normalized spacial score (nSPS) is 33.8. The van der Waals surface area contributed by atoms with Crippen molar-refractivity contribution in [2.45, 2.75) is 51.3 Å². The molecule has 0 spiro atoms. The average molecular weight is 219 g/mol. The van der Waals surface area contributed by atoms with Crippen molar-refractivity contribution in [3.63, 3.8) is 0 Å². The Balaban J connectivity index is 2.55. The Bertz CT molecular complexity index is 123. The van der Waals surface area contributed by atoms with Crippen molar-refractivity contribution in [3.05, 3.63) is 0 Å². The zero-order chi connectivity index (χ0) is 8.48. The Labute approximate surface area is 78.9 Å². The van der Waals surface area contributed by atoms with E-state index in [0.717, 1.165) is 10.7 Å². The molecule has 0 aromatic carbocycles. The molecular weight excluding hydrogens is 200 g/mol. The topological polar surface area (TPSA) is 0 Å². The molecule has 0 aliphatic heterocycles. The molecule has 1 rings (SSSR count). The molecule has 1 aliphatic rings. The van der Waals surface area contributed by atoms with Crippen LogP contribution in [0.3, 0.4) is 0 Å². The van der Waals surface area contributed by atoms with Crippen LogP contribution in [0.5, 0.6) is 0 Å². The van der Waals surface area contributed by atoms with Gasteiger partial charge in [0.05, 0.1) is 0 Å². The van der Waals surface area contributed by atoms with Crippen molar-refractivity contribution >= 4 is 15.9 Å². The van der Waals surface area contributed by atoms with E-state index in [1.807, 2.05) is 0 Å². The summed E-state index contributed by atoms with van der Waals surface area (Å²) in [6.45, 7) is 7.08. The quantitative estimate of drug-likeness (QED) is 0.540. The lowest BCUT2D eigenvalue weighted by Crippen LogP contribution is -2.31. The number of rotatable bonds is 0.